The summed E-state index contributed by atoms with van der Waals surface area (Å²) in [6.45, 7) is 5.69. The molecule has 6 nitrogen and oxygen atoms in total. The monoisotopic (exact) mass is 509 g/mol. The Morgan fingerprint density at radius 1 is 1.00 bits per heavy atom. The minimum atomic E-state index is -0.341. The third-order valence-electron chi connectivity index (χ3n) is 7.44. The van der Waals surface area contributed by atoms with Gasteiger partial charge in [0, 0.05) is 29.1 Å². The van der Waals surface area contributed by atoms with E-state index in [0.717, 1.165) is 74.8 Å². The molecule has 0 spiro atoms. The molecule has 2 aliphatic rings. The molecule has 7 heteroatoms. The van der Waals surface area contributed by atoms with Crippen LogP contribution in [0, 0.1) is 5.92 Å². The highest BCUT2D eigenvalue weighted by Crippen LogP contribution is 2.32. The van der Waals surface area contributed by atoms with E-state index in [1.165, 1.54) is 24.8 Å². The van der Waals surface area contributed by atoms with E-state index in [2.05, 4.69) is 39.8 Å². The Morgan fingerprint density at radius 3 is 2.61 bits per heavy atom. The van der Waals surface area contributed by atoms with Crippen LogP contribution in [0.5, 0.6) is 5.75 Å². The summed E-state index contributed by atoms with van der Waals surface area (Å²) in [7, 11) is 0. The van der Waals surface area contributed by atoms with Crippen LogP contribution in [-0.2, 0) is 6.54 Å². The zero-order valence-electron chi connectivity index (χ0n) is 20.8. The fourth-order valence-electron chi connectivity index (χ4n) is 5.51. The van der Waals surface area contributed by atoms with Crippen molar-refractivity contribution in [2.24, 2.45) is 5.92 Å². The molecule has 2 aromatic carbocycles. The number of halogens is 1. The normalized spacial score (nSPS) is 18.9. The molecule has 0 radical (unpaired) electrons. The van der Waals surface area contributed by atoms with Crippen molar-refractivity contribution < 1.29 is 9.15 Å². The summed E-state index contributed by atoms with van der Waals surface area (Å²) in [5.41, 5.74) is 2.28. The molecule has 1 aromatic heterocycles. The second-order valence-electron chi connectivity index (χ2n) is 10.0. The molecule has 2 aliphatic heterocycles. The molecule has 0 amide bonds. The van der Waals surface area contributed by atoms with Crippen molar-refractivity contribution in [3.63, 3.8) is 0 Å². The molecule has 1 atom stereocenters. The highest BCUT2D eigenvalue weighted by Gasteiger charge is 2.24. The number of hydrogen-bond acceptors (Lipinski definition) is 6. The molecular weight excluding hydrogens is 474 g/mol. The zero-order chi connectivity index (χ0) is 24.7. The van der Waals surface area contributed by atoms with Crippen LogP contribution in [0.4, 0.5) is 5.69 Å². The molecule has 36 heavy (non-hydrogen) atoms. The van der Waals surface area contributed by atoms with Gasteiger partial charge in [-0.3, -0.25) is 0 Å². The topological polar surface area (TPSA) is 66.7 Å². The molecule has 0 aliphatic carbocycles. The summed E-state index contributed by atoms with van der Waals surface area (Å²) >= 11 is 6.33. The molecule has 3 aromatic rings. The molecule has 3 heterocycles. The largest absolute Gasteiger partial charge is 0.494 e. The van der Waals surface area contributed by atoms with Crippen LogP contribution in [0.1, 0.15) is 44.1 Å². The highest BCUT2D eigenvalue weighted by atomic mass is 35.5. The van der Waals surface area contributed by atoms with Gasteiger partial charge in [-0.05, 0) is 107 Å². The second kappa shape index (κ2) is 12.1. The first-order valence-corrected chi connectivity index (χ1v) is 13.7. The van der Waals surface area contributed by atoms with Gasteiger partial charge in [0.1, 0.15) is 11.3 Å². The van der Waals surface area contributed by atoms with Gasteiger partial charge in [-0.1, -0.05) is 23.7 Å². The first-order chi connectivity index (χ1) is 17.7. The van der Waals surface area contributed by atoms with Crippen molar-refractivity contribution in [2.45, 2.75) is 51.1 Å². The van der Waals surface area contributed by atoms with Crippen LogP contribution >= 0.6 is 11.6 Å². The predicted octanol–water partition coefficient (Wildman–Crippen LogP) is 5.36. The number of nitrogens with zero attached hydrogens (tertiary/aromatic N) is 1. The van der Waals surface area contributed by atoms with E-state index in [9.17, 15) is 4.79 Å². The lowest BCUT2D eigenvalue weighted by molar-refractivity contribution is 0.275. The molecule has 192 valence electrons. The molecular formula is C29H36ClN3O3. The van der Waals surface area contributed by atoms with Crippen molar-refractivity contribution >= 4 is 28.3 Å². The summed E-state index contributed by atoms with van der Waals surface area (Å²) in [6, 6.07) is 15.8. The summed E-state index contributed by atoms with van der Waals surface area (Å²) in [5.74, 6) is 1.70. The number of nitrogens with one attached hydrogen (secondary N) is 2. The van der Waals surface area contributed by atoms with Crippen LogP contribution in [0.25, 0.3) is 11.0 Å². The van der Waals surface area contributed by atoms with Gasteiger partial charge < -0.3 is 24.7 Å². The van der Waals surface area contributed by atoms with E-state index < -0.39 is 0 Å². The standard InChI is InChI=1S/C29H36ClN3O3/c30-23-7-10-28-26(17-23)27(18-29(34)36-28)33(24-11-14-31-15-12-24)20-22-5-8-25(9-6-22)35-16-2-4-21-3-1-13-32-19-21/h5-10,17-18,21,24,31-32H,1-4,11-16,19-20H2. The summed E-state index contributed by atoms with van der Waals surface area (Å²) in [6.07, 6.45) is 6.96. The van der Waals surface area contributed by atoms with E-state index in [-0.39, 0.29) is 5.63 Å². The Bertz CT molecular complexity index is 1180. The van der Waals surface area contributed by atoms with Crippen molar-refractivity contribution in [1.29, 1.82) is 0 Å². The van der Waals surface area contributed by atoms with Crippen molar-refractivity contribution in [3.05, 3.63) is 69.5 Å². The molecule has 1 unspecified atom stereocenters. The minimum Gasteiger partial charge on any atom is -0.494 e. The lowest BCUT2D eigenvalue weighted by Crippen LogP contribution is -2.43. The number of hydrogen-bond donors (Lipinski definition) is 2. The smallest absolute Gasteiger partial charge is 0.338 e. The Morgan fingerprint density at radius 2 is 1.83 bits per heavy atom. The first-order valence-electron chi connectivity index (χ1n) is 13.3. The Hall–Kier alpha value is -2.54. The maximum absolute atomic E-state index is 12.4. The van der Waals surface area contributed by atoms with Crippen LogP contribution in [0.15, 0.2) is 57.7 Å². The van der Waals surface area contributed by atoms with Gasteiger partial charge in [-0.15, -0.1) is 0 Å². The van der Waals surface area contributed by atoms with E-state index in [1.807, 2.05) is 6.07 Å². The van der Waals surface area contributed by atoms with E-state index in [1.54, 1.807) is 18.2 Å². The van der Waals surface area contributed by atoms with Gasteiger partial charge in [0.25, 0.3) is 0 Å². The molecule has 0 saturated carbocycles. The Kier molecular flexibility index (Phi) is 8.47. The number of anilines is 1. The van der Waals surface area contributed by atoms with Crippen LogP contribution in [-0.4, -0.2) is 38.8 Å². The van der Waals surface area contributed by atoms with Gasteiger partial charge in [0.2, 0.25) is 0 Å². The van der Waals surface area contributed by atoms with Gasteiger partial charge >= 0.3 is 5.63 Å². The molecule has 2 fully saturated rings. The van der Waals surface area contributed by atoms with Crippen LogP contribution in [0.3, 0.4) is 0 Å². The number of benzene rings is 2. The molecule has 2 saturated heterocycles. The SMILES string of the molecule is O=c1cc(N(Cc2ccc(OCCCC3CCCNC3)cc2)C2CCNCC2)c2cc(Cl)ccc2o1. The zero-order valence-corrected chi connectivity index (χ0v) is 21.6. The summed E-state index contributed by atoms with van der Waals surface area (Å²) < 4.78 is 11.5. The van der Waals surface area contributed by atoms with Crippen molar-refractivity contribution in [3.8, 4) is 5.75 Å². The van der Waals surface area contributed by atoms with Gasteiger partial charge in [-0.25, -0.2) is 4.79 Å². The number of piperidine rings is 2. The maximum Gasteiger partial charge on any atom is 0.338 e. The van der Waals surface area contributed by atoms with Gasteiger partial charge in [-0.2, -0.15) is 0 Å². The summed E-state index contributed by atoms with van der Waals surface area (Å²) in [5, 5.41) is 8.43. The first kappa shape index (κ1) is 25.1. The summed E-state index contributed by atoms with van der Waals surface area (Å²) in [4.78, 5) is 14.8. The highest BCUT2D eigenvalue weighted by molar-refractivity contribution is 6.31. The fourth-order valence-corrected chi connectivity index (χ4v) is 5.68. The Labute approximate surface area is 218 Å². The third-order valence-corrected chi connectivity index (χ3v) is 7.68. The third kappa shape index (κ3) is 6.41. The van der Waals surface area contributed by atoms with E-state index in [0.29, 0.717) is 23.2 Å². The quantitative estimate of drug-likeness (QED) is 0.299. The Balaban J connectivity index is 1.29. The van der Waals surface area contributed by atoms with E-state index in [4.69, 9.17) is 20.8 Å². The average molecular weight is 510 g/mol. The lowest BCUT2D eigenvalue weighted by atomic mass is 9.95. The van der Waals surface area contributed by atoms with Crippen LogP contribution in [0.2, 0.25) is 5.02 Å². The number of fused-ring (bicyclic) bond motifs is 1. The predicted molar refractivity (Wildman–Crippen MR) is 146 cm³/mol. The number of ether oxygens (including phenoxy) is 1. The molecule has 2 N–H and O–H groups in total. The lowest BCUT2D eigenvalue weighted by Gasteiger charge is -2.37. The number of rotatable bonds is 9. The van der Waals surface area contributed by atoms with Crippen LogP contribution < -0.4 is 25.9 Å². The second-order valence-corrected chi connectivity index (χ2v) is 10.5. The van der Waals surface area contributed by atoms with Crippen molar-refractivity contribution in [2.75, 3.05) is 37.7 Å². The molecule has 5 rings (SSSR count). The van der Waals surface area contributed by atoms with E-state index >= 15 is 0 Å². The average Bonchev–Trinajstić information content (AvgIpc) is 2.91. The van der Waals surface area contributed by atoms with Gasteiger partial charge in [0.15, 0.2) is 0 Å². The minimum absolute atomic E-state index is 0.320. The fraction of sp³-hybridized carbons (Fsp3) is 0.483. The maximum atomic E-state index is 12.4. The molecule has 0 bridgehead atoms. The van der Waals surface area contributed by atoms with Crippen molar-refractivity contribution in [1.82, 2.24) is 10.6 Å². The van der Waals surface area contributed by atoms with Gasteiger partial charge in [0.05, 0.1) is 12.3 Å².